The minimum atomic E-state index is 0.00517. The van der Waals surface area contributed by atoms with Crippen molar-refractivity contribution in [1.82, 2.24) is 0 Å². The predicted octanol–water partition coefficient (Wildman–Crippen LogP) is 2.87. The van der Waals surface area contributed by atoms with Crippen molar-refractivity contribution in [2.24, 2.45) is 0 Å². The second kappa shape index (κ2) is 6.09. The van der Waals surface area contributed by atoms with Gasteiger partial charge in [-0.3, -0.25) is 4.79 Å². The number of hydrogen-bond acceptors (Lipinski definition) is 3. The van der Waals surface area contributed by atoms with Crippen molar-refractivity contribution in [2.75, 3.05) is 14.2 Å². The van der Waals surface area contributed by atoms with Crippen molar-refractivity contribution in [3.8, 4) is 11.5 Å². The maximum atomic E-state index is 10.9. The van der Waals surface area contributed by atoms with Crippen molar-refractivity contribution in [3.63, 3.8) is 0 Å². The van der Waals surface area contributed by atoms with Crippen molar-refractivity contribution in [3.05, 3.63) is 29.3 Å². The summed E-state index contributed by atoms with van der Waals surface area (Å²) in [5, 5.41) is 0. The van der Waals surface area contributed by atoms with Crippen LogP contribution in [-0.2, 0) is 11.2 Å². The summed E-state index contributed by atoms with van der Waals surface area (Å²) in [6, 6.07) is 3.83. The second-order valence-electron chi connectivity index (χ2n) is 3.70. The van der Waals surface area contributed by atoms with Gasteiger partial charge in [-0.15, -0.1) is 0 Å². The van der Waals surface area contributed by atoms with Crippen LogP contribution in [0.2, 0.25) is 0 Å². The number of allylic oxidation sites excluding steroid dienone is 1. The molecular formula is C14H18O3. The SMILES string of the molecule is CCc1cc(OC)c(C=CC(C)=O)cc1OC. The Kier molecular flexibility index (Phi) is 4.76. The van der Waals surface area contributed by atoms with Gasteiger partial charge in [-0.1, -0.05) is 6.92 Å². The molecule has 0 saturated heterocycles. The third-order valence-corrected chi connectivity index (χ3v) is 2.51. The van der Waals surface area contributed by atoms with Crippen LogP contribution in [0.25, 0.3) is 6.08 Å². The van der Waals surface area contributed by atoms with E-state index in [2.05, 4.69) is 6.92 Å². The van der Waals surface area contributed by atoms with Gasteiger partial charge >= 0.3 is 0 Å². The molecule has 0 unspecified atom stereocenters. The van der Waals surface area contributed by atoms with E-state index in [-0.39, 0.29) is 5.78 Å². The van der Waals surface area contributed by atoms with E-state index in [1.165, 1.54) is 13.0 Å². The van der Waals surface area contributed by atoms with E-state index in [9.17, 15) is 4.79 Å². The first-order valence-electron chi connectivity index (χ1n) is 5.55. The van der Waals surface area contributed by atoms with Crippen LogP contribution >= 0.6 is 0 Å². The molecule has 1 aromatic carbocycles. The van der Waals surface area contributed by atoms with Crippen molar-refractivity contribution < 1.29 is 14.3 Å². The summed E-state index contributed by atoms with van der Waals surface area (Å²) in [6.07, 6.45) is 4.13. The minimum Gasteiger partial charge on any atom is -0.496 e. The largest absolute Gasteiger partial charge is 0.496 e. The molecule has 0 atom stereocenters. The van der Waals surface area contributed by atoms with Crippen LogP contribution in [0.5, 0.6) is 11.5 Å². The lowest BCUT2D eigenvalue weighted by molar-refractivity contribution is -0.112. The molecule has 0 bridgehead atoms. The zero-order valence-corrected chi connectivity index (χ0v) is 10.7. The first-order chi connectivity index (χ1) is 8.12. The molecule has 0 fully saturated rings. The highest BCUT2D eigenvalue weighted by molar-refractivity contribution is 5.92. The Balaban J connectivity index is 3.23. The lowest BCUT2D eigenvalue weighted by Crippen LogP contribution is -1.95. The summed E-state index contributed by atoms with van der Waals surface area (Å²) in [4.78, 5) is 10.9. The molecule has 0 saturated carbocycles. The van der Waals surface area contributed by atoms with Crippen molar-refractivity contribution in [2.45, 2.75) is 20.3 Å². The molecule has 3 heteroatoms. The summed E-state index contributed by atoms with van der Waals surface area (Å²) < 4.78 is 10.6. The number of ether oxygens (including phenoxy) is 2. The highest BCUT2D eigenvalue weighted by atomic mass is 16.5. The molecule has 3 nitrogen and oxygen atoms in total. The predicted molar refractivity (Wildman–Crippen MR) is 68.6 cm³/mol. The highest BCUT2D eigenvalue weighted by Crippen LogP contribution is 2.30. The Bertz CT molecular complexity index is 433. The van der Waals surface area contributed by atoms with E-state index in [0.29, 0.717) is 0 Å². The number of hydrogen-bond donors (Lipinski definition) is 0. The standard InChI is InChI=1S/C14H18O3/c1-5-11-8-14(17-4)12(7-6-10(2)15)9-13(11)16-3/h6-9H,5H2,1-4H3. The first-order valence-corrected chi connectivity index (χ1v) is 5.55. The Labute approximate surface area is 102 Å². The molecule has 0 amide bonds. The third kappa shape index (κ3) is 3.34. The second-order valence-corrected chi connectivity index (χ2v) is 3.70. The molecule has 0 spiro atoms. The molecule has 0 aliphatic rings. The number of rotatable bonds is 5. The summed E-state index contributed by atoms with van der Waals surface area (Å²) in [5.74, 6) is 1.57. The van der Waals surface area contributed by atoms with Gasteiger partial charge in [0.1, 0.15) is 11.5 Å². The quantitative estimate of drug-likeness (QED) is 0.735. The topological polar surface area (TPSA) is 35.5 Å². The molecular weight excluding hydrogens is 216 g/mol. The molecule has 0 aromatic heterocycles. The summed E-state index contributed by atoms with van der Waals surface area (Å²) in [5.41, 5.74) is 1.93. The van der Waals surface area contributed by atoms with E-state index >= 15 is 0 Å². The van der Waals surface area contributed by atoms with Gasteiger partial charge in [0, 0.05) is 5.56 Å². The van der Waals surface area contributed by atoms with E-state index in [1.807, 2.05) is 12.1 Å². The lowest BCUT2D eigenvalue weighted by atomic mass is 10.1. The Morgan fingerprint density at radius 3 is 2.35 bits per heavy atom. The Morgan fingerprint density at radius 1 is 1.24 bits per heavy atom. The fourth-order valence-electron chi connectivity index (χ4n) is 1.60. The number of benzene rings is 1. The zero-order valence-electron chi connectivity index (χ0n) is 10.7. The number of carbonyl (C=O) groups excluding carboxylic acids is 1. The molecule has 1 rings (SSSR count). The molecule has 0 aliphatic carbocycles. The van der Waals surface area contributed by atoms with Crippen molar-refractivity contribution in [1.29, 1.82) is 0 Å². The van der Waals surface area contributed by atoms with E-state index in [4.69, 9.17) is 9.47 Å². The average Bonchev–Trinajstić information content (AvgIpc) is 2.34. The fraction of sp³-hybridized carbons (Fsp3) is 0.357. The minimum absolute atomic E-state index is 0.00517. The highest BCUT2D eigenvalue weighted by Gasteiger charge is 2.08. The van der Waals surface area contributed by atoms with Gasteiger partial charge in [0.05, 0.1) is 14.2 Å². The van der Waals surface area contributed by atoms with Crippen LogP contribution in [0.4, 0.5) is 0 Å². The number of methoxy groups -OCH3 is 2. The molecule has 0 heterocycles. The van der Waals surface area contributed by atoms with Crippen LogP contribution in [-0.4, -0.2) is 20.0 Å². The van der Waals surface area contributed by atoms with Crippen LogP contribution in [0.3, 0.4) is 0 Å². The molecule has 92 valence electrons. The van der Waals surface area contributed by atoms with Crippen LogP contribution < -0.4 is 9.47 Å². The maximum absolute atomic E-state index is 10.9. The zero-order chi connectivity index (χ0) is 12.8. The van der Waals surface area contributed by atoms with Crippen LogP contribution in [0.1, 0.15) is 25.0 Å². The smallest absolute Gasteiger partial charge is 0.152 e. The molecule has 0 aliphatic heterocycles. The van der Waals surface area contributed by atoms with Gasteiger partial charge in [-0.05, 0) is 43.2 Å². The monoisotopic (exact) mass is 234 g/mol. The van der Waals surface area contributed by atoms with Gasteiger partial charge in [0.25, 0.3) is 0 Å². The summed E-state index contributed by atoms with van der Waals surface area (Å²) in [6.45, 7) is 3.57. The van der Waals surface area contributed by atoms with E-state index in [1.54, 1.807) is 20.3 Å². The first kappa shape index (κ1) is 13.3. The van der Waals surface area contributed by atoms with Crippen LogP contribution in [0.15, 0.2) is 18.2 Å². The van der Waals surface area contributed by atoms with Crippen LogP contribution in [0, 0.1) is 0 Å². The molecule has 0 radical (unpaired) electrons. The van der Waals surface area contributed by atoms with Gasteiger partial charge < -0.3 is 9.47 Å². The summed E-state index contributed by atoms with van der Waals surface area (Å²) in [7, 11) is 3.26. The van der Waals surface area contributed by atoms with Gasteiger partial charge in [0.15, 0.2) is 5.78 Å². The Hall–Kier alpha value is -1.77. The maximum Gasteiger partial charge on any atom is 0.152 e. The van der Waals surface area contributed by atoms with Crippen molar-refractivity contribution >= 4 is 11.9 Å². The van der Waals surface area contributed by atoms with Gasteiger partial charge in [-0.2, -0.15) is 0 Å². The summed E-state index contributed by atoms with van der Waals surface area (Å²) >= 11 is 0. The number of aryl methyl sites for hydroxylation is 1. The normalized spacial score (nSPS) is 10.6. The third-order valence-electron chi connectivity index (χ3n) is 2.51. The Morgan fingerprint density at radius 2 is 1.88 bits per heavy atom. The number of carbonyl (C=O) groups is 1. The lowest BCUT2D eigenvalue weighted by Gasteiger charge is -2.12. The average molecular weight is 234 g/mol. The fourth-order valence-corrected chi connectivity index (χ4v) is 1.60. The number of ketones is 1. The van der Waals surface area contributed by atoms with E-state index in [0.717, 1.165) is 29.0 Å². The molecule has 1 aromatic rings. The molecule has 0 N–H and O–H groups in total. The van der Waals surface area contributed by atoms with E-state index < -0.39 is 0 Å². The van der Waals surface area contributed by atoms with Gasteiger partial charge in [0.2, 0.25) is 0 Å². The van der Waals surface area contributed by atoms with Gasteiger partial charge in [-0.25, -0.2) is 0 Å². The molecule has 17 heavy (non-hydrogen) atoms.